The molecule has 0 spiro atoms. The Kier molecular flexibility index (Phi) is 5.16. The van der Waals surface area contributed by atoms with E-state index in [9.17, 15) is 4.79 Å². The van der Waals surface area contributed by atoms with E-state index in [0.29, 0.717) is 35.1 Å². The first-order valence-corrected chi connectivity index (χ1v) is 7.42. The number of aromatic nitrogens is 2. The Morgan fingerprint density at radius 1 is 1.43 bits per heavy atom. The summed E-state index contributed by atoms with van der Waals surface area (Å²) >= 11 is 0. The van der Waals surface area contributed by atoms with Crippen LogP contribution in [0.2, 0.25) is 0 Å². The molecule has 6 nitrogen and oxygen atoms in total. The second-order valence-corrected chi connectivity index (χ2v) is 5.16. The molecule has 0 amide bonds. The van der Waals surface area contributed by atoms with Crippen molar-refractivity contribution < 1.29 is 14.3 Å². The van der Waals surface area contributed by atoms with Crippen LogP contribution in [0, 0.1) is 6.92 Å². The lowest BCUT2D eigenvalue weighted by atomic mass is 9.98. The number of ether oxygens (including phenoxy) is 2. The average molecular weight is 315 g/mol. The van der Waals surface area contributed by atoms with Crippen LogP contribution in [0.15, 0.2) is 24.4 Å². The van der Waals surface area contributed by atoms with E-state index in [1.54, 1.807) is 39.3 Å². The van der Waals surface area contributed by atoms with Gasteiger partial charge in [0.15, 0.2) is 0 Å². The van der Waals surface area contributed by atoms with Crippen molar-refractivity contribution in [3.63, 3.8) is 0 Å². The van der Waals surface area contributed by atoms with E-state index in [2.05, 4.69) is 9.97 Å². The molecule has 0 aliphatic heterocycles. The number of nitrogens with two attached hydrogens (primary N) is 1. The van der Waals surface area contributed by atoms with Gasteiger partial charge < -0.3 is 15.2 Å². The van der Waals surface area contributed by atoms with E-state index < -0.39 is 5.92 Å². The van der Waals surface area contributed by atoms with Gasteiger partial charge in [0.2, 0.25) is 5.88 Å². The lowest BCUT2D eigenvalue weighted by Crippen LogP contribution is -2.15. The molecule has 0 bridgehead atoms. The molecule has 0 fully saturated rings. The maximum absolute atomic E-state index is 12.1. The van der Waals surface area contributed by atoms with Crippen LogP contribution in [0.3, 0.4) is 0 Å². The maximum Gasteiger partial charge on any atom is 0.314 e. The number of anilines is 1. The lowest BCUT2D eigenvalue weighted by molar-refractivity contribution is -0.144. The minimum atomic E-state index is -0.514. The second kappa shape index (κ2) is 7.09. The summed E-state index contributed by atoms with van der Waals surface area (Å²) in [5.41, 5.74) is 9.30. The Morgan fingerprint density at radius 2 is 2.17 bits per heavy atom. The van der Waals surface area contributed by atoms with Gasteiger partial charge in [-0.15, -0.1) is 0 Å². The summed E-state index contributed by atoms with van der Waals surface area (Å²) in [5.74, 6) is -0.350. The zero-order chi connectivity index (χ0) is 17.0. The number of methoxy groups -OCH3 is 1. The molecule has 122 valence electrons. The van der Waals surface area contributed by atoms with Crippen molar-refractivity contribution >= 4 is 11.7 Å². The number of nitrogens with zero attached hydrogens (tertiary/aromatic N) is 2. The van der Waals surface area contributed by atoms with Gasteiger partial charge in [-0.2, -0.15) is 0 Å². The summed E-state index contributed by atoms with van der Waals surface area (Å²) in [6.45, 7) is 5.72. The summed E-state index contributed by atoms with van der Waals surface area (Å²) in [7, 11) is 1.56. The molecule has 2 heterocycles. The van der Waals surface area contributed by atoms with Gasteiger partial charge >= 0.3 is 5.97 Å². The second-order valence-electron chi connectivity index (χ2n) is 5.16. The molecule has 1 atom stereocenters. The molecule has 2 N–H and O–H groups in total. The molecule has 2 aromatic rings. The van der Waals surface area contributed by atoms with Gasteiger partial charge in [-0.05, 0) is 39.0 Å². The number of hydrogen-bond acceptors (Lipinski definition) is 6. The molecule has 23 heavy (non-hydrogen) atoms. The highest BCUT2D eigenvalue weighted by Gasteiger charge is 2.23. The highest BCUT2D eigenvalue weighted by Crippen LogP contribution is 2.33. The number of aryl methyl sites for hydroxylation is 1. The first-order valence-electron chi connectivity index (χ1n) is 7.42. The van der Waals surface area contributed by atoms with E-state index in [-0.39, 0.29) is 5.97 Å². The summed E-state index contributed by atoms with van der Waals surface area (Å²) in [6, 6.07) is 5.42. The van der Waals surface area contributed by atoms with Gasteiger partial charge in [-0.3, -0.25) is 9.78 Å². The third-order valence-electron chi connectivity index (χ3n) is 3.53. The Bertz CT molecular complexity index is 716. The van der Waals surface area contributed by atoms with Crippen molar-refractivity contribution in [2.75, 3.05) is 19.5 Å². The third-order valence-corrected chi connectivity index (χ3v) is 3.53. The highest BCUT2D eigenvalue weighted by atomic mass is 16.5. The number of hydrogen-bond donors (Lipinski definition) is 1. The van der Waals surface area contributed by atoms with Crippen molar-refractivity contribution in [2.24, 2.45) is 0 Å². The predicted octanol–water partition coefficient (Wildman–Crippen LogP) is 2.71. The van der Waals surface area contributed by atoms with Crippen LogP contribution < -0.4 is 10.5 Å². The monoisotopic (exact) mass is 315 g/mol. The molecule has 0 radical (unpaired) electrons. The largest absolute Gasteiger partial charge is 0.481 e. The third kappa shape index (κ3) is 3.41. The van der Waals surface area contributed by atoms with E-state index in [1.165, 1.54) is 0 Å². The van der Waals surface area contributed by atoms with Gasteiger partial charge in [0, 0.05) is 17.3 Å². The van der Waals surface area contributed by atoms with Crippen LogP contribution in [0.1, 0.15) is 31.0 Å². The van der Waals surface area contributed by atoms with Crippen LogP contribution in [0.4, 0.5) is 5.69 Å². The predicted molar refractivity (Wildman–Crippen MR) is 88.2 cm³/mol. The van der Waals surface area contributed by atoms with Crippen LogP contribution in [-0.4, -0.2) is 29.7 Å². The Balaban J connectivity index is 2.55. The first kappa shape index (κ1) is 16.7. The normalized spacial score (nSPS) is 11.8. The molecule has 6 heteroatoms. The van der Waals surface area contributed by atoms with Crippen LogP contribution >= 0.6 is 0 Å². The number of carbonyl (C=O) groups excluding carboxylic acids is 1. The van der Waals surface area contributed by atoms with E-state index >= 15 is 0 Å². The van der Waals surface area contributed by atoms with Crippen molar-refractivity contribution in [3.8, 4) is 17.1 Å². The molecule has 2 rings (SSSR count). The summed E-state index contributed by atoms with van der Waals surface area (Å²) in [4.78, 5) is 20.9. The van der Waals surface area contributed by atoms with E-state index in [1.807, 2.05) is 13.0 Å². The number of carbonyl (C=O) groups is 1. The van der Waals surface area contributed by atoms with Gasteiger partial charge in [0.1, 0.15) is 0 Å². The van der Waals surface area contributed by atoms with Crippen LogP contribution in [0.5, 0.6) is 5.88 Å². The smallest absolute Gasteiger partial charge is 0.314 e. The molecule has 1 unspecified atom stereocenters. The van der Waals surface area contributed by atoms with Gasteiger partial charge in [0.25, 0.3) is 0 Å². The quantitative estimate of drug-likeness (QED) is 0.854. The summed E-state index contributed by atoms with van der Waals surface area (Å²) < 4.78 is 10.4. The van der Waals surface area contributed by atoms with Crippen LogP contribution in [-0.2, 0) is 9.53 Å². The molecule has 0 saturated carbocycles. The Hall–Kier alpha value is -2.63. The van der Waals surface area contributed by atoms with E-state index in [4.69, 9.17) is 15.2 Å². The van der Waals surface area contributed by atoms with Crippen molar-refractivity contribution in [1.29, 1.82) is 0 Å². The first-order chi connectivity index (χ1) is 11.0. The van der Waals surface area contributed by atoms with Crippen molar-refractivity contribution in [3.05, 3.63) is 35.7 Å². The molecule has 0 aromatic carbocycles. The van der Waals surface area contributed by atoms with Gasteiger partial charge in [-0.1, -0.05) is 0 Å². The van der Waals surface area contributed by atoms with E-state index in [0.717, 1.165) is 5.56 Å². The fourth-order valence-electron chi connectivity index (χ4n) is 2.38. The topological polar surface area (TPSA) is 87.3 Å². The number of pyridine rings is 2. The molecular weight excluding hydrogens is 294 g/mol. The highest BCUT2D eigenvalue weighted by molar-refractivity contribution is 5.83. The number of rotatable bonds is 5. The molecule has 0 aliphatic rings. The Morgan fingerprint density at radius 3 is 2.83 bits per heavy atom. The number of nitrogen functional groups attached to an aromatic ring is 1. The van der Waals surface area contributed by atoms with Crippen LogP contribution in [0.25, 0.3) is 11.3 Å². The zero-order valence-corrected chi connectivity index (χ0v) is 13.8. The number of esters is 1. The minimum absolute atomic E-state index is 0.323. The average Bonchev–Trinajstić information content (AvgIpc) is 2.54. The minimum Gasteiger partial charge on any atom is -0.481 e. The van der Waals surface area contributed by atoms with Gasteiger partial charge in [-0.25, -0.2) is 4.98 Å². The van der Waals surface area contributed by atoms with Crippen molar-refractivity contribution in [1.82, 2.24) is 9.97 Å². The lowest BCUT2D eigenvalue weighted by Gasteiger charge is -2.16. The van der Waals surface area contributed by atoms with Gasteiger partial charge in [0.05, 0.1) is 36.7 Å². The molecule has 0 saturated heterocycles. The van der Waals surface area contributed by atoms with Crippen molar-refractivity contribution in [2.45, 2.75) is 26.7 Å². The Labute approximate surface area is 135 Å². The fraction of sp³-hybridized carbons (Fsp3) is 0.353. The SMILES string of the molecule is CCOC(=O)C(C)c1ncccc1-c1nc(OC)c(C)cc1N. The standard InChI is InChI=1S/C17H21N3O3/c1-5-23-17(21)11(3)14-12(7-6-8-19-14)15-13(18)9-10(2)16(20-15)22-4/h6-9,11H,5,18H2,1-4H3. The molecule has 2 aromatic heterocycles. The molecule has 0 aliphatic carbocycles. The fourth-order valence-corrected chi connectivity index (χ4v) is 2.38. The summed E-state index contributed by atoms with van der Waals surface area (Å²) in [6.07, 6.45) is 1.64. The molecular formula is C17H21N3O3. The summed E-state index contributed by atoms with van der Waals surface area (Å²) in [5, 5.41) is 0. The maximum atomic E-state index is 12.1. The zero-order valence-electron chi connectivity index (χ0n) is 13.8.